The second-order valence-electron chi connectivity index (χ2n) is 4.80. The lowest BCUT2D eigenvalue weighted by molar-refractivity contribution is -0.141. The number of rotatable bonds is 3. The van der Waals surface area contributed by atoms with Crippen LogP contribution in [0.3, 0.4) is 0 Å². The number of fused-ring (bicyclic) bond motifs is 1. The van der Waals surface area contributed by atoms with Gasteiger partial charge in [-0.25, -0.2) is 0 Å². The van der Waals surface area contributed by atoms with Crippen LogP contribution in [0.4, 0.5) is 0 Å². The van der Waals surface area contributed by atoms with Crippen molar-refractivity contribution in [2.24, 2.45) is 0 Å². The van der Waals surface area contributed by atoms with Crippen LogP contribution < -0.4 is 0 Å². The van der Waals surface area contributed by atoms with Crippen LogP contribution in [0.5, 0.6) is 0 Å². The SMILES string of the molecule is COC(=O)CC(C)n1nc2c(c1C)CC(=O)CC2. The average Bonchev–Trinajstić information content (AvgIpc) is 2.66. The fraction of sp³-hybridized carbons (Fsp3) is 0.615. The monoisotopic (exact) mass is 250 g/mol. The number of nitrogens with zero attached hydrogens (tertiary/aromatic N) is 2. The van der Waals surface area contributed by atoms with Crippen molar-refractivity contribution in [3.8, 4) is 0 Å². The molecule has 0 saturated carbocycles. The Morgan fingerprint density at radius 1 is 1.50 bits per heavy atom. The van der Waals surface area contributed by atoms with Crippen LogP contribution in [0, 0.1) is 6.92 Å². The third-order valence-electron chi connectivity index (χ3n) is 3.48. The first kappa shape index (κ1) is 12.8. The Kier molecular flexibility index (Phi) is 3.50. The molecule has 0 spiro atoms. The van der Waals surface area contributed by atoms with Crippen LogP contribution in [0.25, 0.3) is 0 Å². The maximum atomic E-state index is 11.5. The zero-order valence-electron chi connectivity index (χ0n) is 11.0. The van der Waals surface area contributed by atoms with E-state index in [4.69, 9.17) is 0 Å². The first-order chi connectivity index (χ1) is 8.52. The minimum atomic E-state index is -0.244. The number of methoxy groups -OCH3 is 1. The number of esters is 1. The Balaban J connectivity index is 2.24. The van der Waals surface area contributed by atoms with Crippen LogP contribution in [0.15, 0.2) is 0 Å². The van der Waals surface area contributed by atoms with Gasteiger partial charge in [-0.15, -0.1) is 0 Å². The van der Waals surface area contributed by atoms with E-state index in [2.05, 4.69) is 9.84 Å². The summed E-state index contributed by atoms with van der Waals surface area (Å²) >= 11 is 0. The molecular weight excluding hydrogens is 232 g/mol. The zero-order chi connectivity index (χ0) is 13.3. The lowest BCUT2D eigenvalue weighted by atomic mass is 9.95. The molecule has 1 aliphatic rings. The highest BCUT2D eigenvalue weighted by atomic mass is 16.5. The van der Waals surface area contributed by atoms with E-state index in [-0.39, 0.29) is 17.8 Å². The fourth-order valence-corrected chi connectivity index (χ4v) is 2.43. The van der Waals surface area contributed by atoms with Crippen molar-refractivity contribution in [2.75, 3.05) is 7.11 Å². The normalized spacial score (nSPS) is 16.3. The van der Waals surface area contributed by atoms with Crippen molar-refractivity contribution >= 4 is 11.8 Å². The molecule has 18 heavy (non-hydrogen) atoms. The molecule has 1 aromatic rings. The van der Waals surface area contributed by atoms with Gasteiger partial charge in [0.25, 0.3) is 0 Å². The molecule has 0 aliphatic heterocycles. The quantitative estimate of drug-likeness (QED) is 0.760. The molecule has 1 heterocycles. The Morgan fingerprint density at radius 3 is 2.89 bits per heavy atom. The molecule has 1 aliphatic carbocycles. The van der Waals surface area contributed by atoms with Gasteiger partial charge in [0.2, 0.25) is 0 Å². The van der Waals surface area contributed by atoms with Gasteiger partial charge in [-0.3, -0.25) is 14.3 Å². The summed E-state index contributed by atoms with van der Waals surface area (Å²) in [7, 11) is 1.38. The lowest BCUT2D eigenvalue weighted by Gasteiger charge is -2.13. The Labute approximate surface area is 106 Å². The van der Waals surface area contributed by atoms with Crippen molar-refractivity contribution < 1.29 is 14.3 Å². The van der Waals surface area contributed by atoms with Gasteiger partial charge in [0.15, 0.2) is 0 Å². The summed E-state index contributed by atoms with van der Waals surface area (Å²) in [4.78, 5) is 22.8. The van der Waals surface area contributed by atoms with E-state index >= 15 is 0 Å². The van der Waals surface area contributed by atoms with Gasteiger partial charge in [-0.05, 0) is 20.3 Å². The molecule has 0 aromatic carbocycles. The number of aryl methyl sites for hydroxylation is 1. The Morgan fingerprint density at radius 2 is 2.22 bits per heavy atom. The van der Waals surface area contributed by atoms with Gasteiger partial charge >= 0.3 is 5.97 Å². The van der Waals surface area contributed by atoms with Crippen molar-refractivity contribution in [1.29, 1.82) is 0 Å². The van der Waals surface area contributed by atoms with E-state index < -0.39 is 0 Å². The highest BCUT2D eigenvalue weighted by molar-refractivity contribution is 5.83. The summed E-state index contributed by atoms with van der Waals surface area (Å²) in [5.41, 5.74) is 3.04. The minimum absolute atomic E-state index is 0.0434. The van der Waals surface area contributed by atoms with Crippen molar-refractivity contribution in [2.45, 2.75) is 45.6 Å². The zero-order valence-corrected chi connectivity index (χ0v) is 11.0. The second-order valence-corrected chi connectivity index (χ2v) is 4.80. The highest BCUT2D eigenvalue weighted by Gasteiger charge is 2.24. The van der Waals surface area contributed by atoms with Crippen molar-refractivity contribution in [3.05, 3.63) is 17.0 Å². The van der Waals surface area contributed by atoms with E-state index in [0.717, 1.165) is 17.0 Å². The molecular formula is C13H18N2O3. The van der Waals surface area contributed by atoms with E-state index in [1.165, 1.54) is 7.11 Å². The highest BCUT2D eigenvalue weighted by Crippen LogP contribution is 2.25. The van der Waals surface area contributed by atoms with Crippen LogP contribution in [-0.4, -0.2) is 28.6 Å². The number of ether oxygens (including phenoxy) is 1. The average molecular weight is 250 g/mol. The predicted molar refractivity (Wildman–Crippen MR) is 65.3 cm³/mol. The standard InChI is InChI=1S/C13H18N2O3/c1-8(6-13(17)18-3)15-9(2)11-7-10(16)4-5-12(11)14-15/h8H,4-7H2,1-3H3. The molecule has 5 heteroatoms. The summed E-state index contributed by atoms with van der Waals surface area (Å²) in [6.45, 7) is 3.89. The molecule has 0 bridgehead atoms. The molecule has 0 radical (unpaired) electrons. The topological polar surface area (TPSA) is 61.2 Å². The summed E-state index contributed by atoms with van der Waals surface area (Å²) < 4.78 is 6.51. The first-order valence-electron chi connectivity index (χ1n) is 6.18. The van der Waals surface area contributed by atoms with Crippen molar-refractivity contribution in [3.63, 3.8) is 0 Å². The van der Waals surface area contributed by atoms with Gasteiger partial charge in [0.05, 0.1) is 25.3 Å². The maximum Gasteiger partial charge on any atom is 0.307 e. The molecule has 0 N–H and O–H groups in total. The number of hydrogen-bond acceptors (Lipinski definition) is 4. The Hall–Kier alpha value is -1.65. The van der Waals surface area contributed by atoms with Gasteiger partial charge in [0, 0.05) is 24.1 Å². The van der Waals surface area contributed by atoms with Crippen LogP contribution in [0.1, 0.15) is 42.8 Å². The van der Waals surface area contributed by atoms with Gasteiger partial charge in [-0.2, -0.15) is 5.10 Å². The summed E-state index contributed by atoms with van der Waals surface area (Å²) in [5.74, 6) is 0.0252. The maximum absolute atomic E-state index is 11.5. The third-order valence-corrected chi connectivity index (χ3v) is 3.48. The van der Waals surface area contributed by atoms with Gasteiger partial charge < -0.3 is 4.74 Å². The van der Waals surface area contributed by atoms with E-state index in [9.17, 15) is 9.59 Å². The number of ketones is 1. The first-order valence-corrected chi connectivity index (χ1v) is 6.18. The minimum Gasteiger partial charge on any atom is -0.469 e. The second kappa shape index (κ2) is 4.92. The fourth-order valence-electron chi connectivity index (χ4n) is 2.43. The number of carbonyl (C=O) groups excluding carboxylic acids is 2. The molecule has 1 aromatic heterocycles. The number of carbonyl (C=O) groups is 2. The third kappa shape index (κ3) is 2.30. The number of hydrogen-bond donors (Lipinski definition) is 0. The molecule has 0 fully saturated rings. The number of Topliss-reactive ketones (excluding diaryl/α,β-unsaturated/α-hetero) is 1. The van der Waals surface area contributed by atoms with E-state index in [0.29, 0.717) is 25.7 Å². The van der Waals surface area contributed by atoms with Gasteiger partial charge in [-0.1, -0.05) is 0 Å². The van der Waals surface area contributed by atoms with Gasteiger partial charge in [0.1, 0.15) is 5.78 Å². The molecule has 0 saturated heterocycles. The number of aromatic nitrogens is 2. The van der Waals surface area contributed by atoms with E-state index in [1.54, 1.807) is 0 Å². The molecule has 0 amide bonds. The molecule has 2 rings (SSSR count). The van der Waals surface area contributed by atoms with Crippen LogP contribution >= 0.6 is 0 Å². The van der Waals surface area contributed by atoms with Crippen molar-refractivity contribution in [1.82, 2.24) is 9.78 Å². The largest absolute Gasteiger partial charge is 0.469 e. The lowest BCUT2D eigenvalue weighted by Crippen LogP contribution is -2.14. The molecule has 98 valence electrons. The van der Waals surface area contributed by atoms with Crippen LogP contribution in [-0.2, 0) is 27.2 Å². The summed E-state index contributed by atoms with van der Waals surface area (Å²) in [5, 5.41) is 4.53. The Bertz CT molecular complexity index is 491. The summed E-state index contributed by atoms with van der Waals surface area (Å²) in [6, 6.07) is -0.0434. The predicted octanol–water partition coefficient (Wildman–Crippen LogP) is 1.37. The molecule has 5 nitrogen and oxygen atoms in total. The molecule has 1 unspecified atom stereocenters. The smallest absolute Gasteiger partial charge is 0.307 e. The van der Waals surface area contributed by atoms with E-state index in [1.807, 2.05) is 18.5 Å². The summed E-state index contributed by atoms with van der Waals surface area (Å²) in [6.07, 6.45) is 2.07. The van der Waals surface area contributed by atoms with Crippen LogP contribution in [0.2, 0.25) is 0 Å². The molecule has 1 atom stereocenters.